The molecule has 0 saturated carbocycles. The molecule has 2 fully saturated rings. The molecule has 1 atom stereocenters. The zero-order valence-corrected chi connectivity index (χ0v) is 14.7. The molecule has 0 radical (unpaired) electrons. The van der Waals surface area contributed by atoms with Crippen molar-refractivity contribution in [2.24, 2.45) is 0 Å². The number of hydrogen-bond acceptors (Lipinski definition) is 5. The molecular weight excluding hydrogens is 319 g/mol. The van der Waals surface area contributed by atoms with Crippen LogP contribution in [0.5, 0.6) is 5.75 Å². The fourth-order valence-electron chi connectivity index (χ4n) is 4.21. The fourth-order valence-corrected chi connectivity index (χ4v) is 4.21. The molecule has 0 amide bonds. The van der Waals surface area contributed by atoms with Crippen LogP contribution >= 0.6 is 0 Å². The van der Waals surface area contributed by atoms with E-state index in [9.17, 15) is 4.39 Å². The van der Waals surface area contributed by atoms with Gasteiger partial charge in [-0.1, -0.05) is 0 Å². The number of halogens is 1. The van der Waals surface area contributed by atoms with Crippen LogP contribution in [0.1, 0.15) is 32.1 Å². The average Bonchev–Trinajstić information content (AvgIpc) is 3.05. The zero-order chi connectivity index (χ0) is 17.2. The van der Waals surface area contributed by atoms with Crippen molar-refractivity contribution in [3.8, 4) is 5.75 Å². The van der Waals surface area contributed by atoms with Crippen molar-refractivity contribution < 1.29 is 9.13 Å². The lowest BCUT2D eigenvalue weighted by Gasteiger charge is -2.27. The van der Waals surface area contributed by atoms with E-state index >= 15 is 0 Å². The molecule has 1 unspecified atom stereocenters. The topological polar surface area (TPSA) is 41.5 Å². The van der Waals surface area contributed by atoms with Gasteiger partial charge in [0.15, 0.2) is 11.6 Å². The summed E-state index contributed by atoms with van der Waals surface area (Å²) in [7, 11) is 1.49. The second kappa shape index (κ2) is 7.12. The summed E-state index contributed by atoms with van der Waals surface area (Å²) in [5.41, 5.74) is 0.628. The van der Waals surface area contributed by atoms with Gasteiger partial charge in [0.25, 0.3) is 0 Å². The van der Waals surface area contributed by atoms with Crippen molar-refractivity contribution >= 4 is 16.7 Å². The molecule has 134 valence electrons. The largest absolute Gasteiger partial charge is 0.494 e. The fraction of sp³-hybridized carbons (Fsp3) is 0.579. The molecule has 2 aliphatic heterocycles. The van der Waals surface area contributed by atoms with Crippen molar-refractivity contribution in [3.05, 3.63) is 24.3 Å². The van der Waals surface area contributed by atoms with Crippen LogP contribution in [0.4, 0.5) is 10.2 Å². The quantitative estimate of drug-likeness (QED) is 0.855. The molecular formula is C19H25FN4O. The first-order chi connectivity index (χ1) is 12.3. The van der Waals surface area contributed by atoms with Crippen LogP contribution in [0.3, 0.4) is 0 Å². The van der Waals surface area contributed by atoms with E-state index in [1.54, 1.807) is 6.07 Å². The first-order valence-corrected chi connectivity index (χ1v) is 9.23. The van der Waals surface area contributed by atoms with Crippen LogP contribution < -0.4 is 9.64 Å². The van der Waals surface area contributed by atoms with Gasteiger partial charge in [-0.25, -0.2) is 14.4 Å². The molecule has 0 N–H and O–H groups in total. The van der Waals surface area contributed by atoms with Crippen LogP contribution in [-0.2, 0) is 0 Å². The summed E-state index contributed by atoms with van der Waals surface area (Å²) in [6.07, 6.45) is 7.77. The minimum atomic E-state index is -0.385. The zero-order valence-electron chi connectivity index (χ0n) is 14.7. The van der Waals surface area contributed by atoms with Crippen molar-refractivity contribution in [1.82, 2.24) is 14.9 Å². The van der Waals surface area contributed by atoms with E-state index in [-0.39, 0.29) is 11.6 Å². The number of ether oxygens (including phenoxy) is 1. The lowest BCUT2D eigenvalue weighted by Crippen LogP contribution is -2.34. The van der Waals surface area contributed by atoms with E-state index in [1.807, 2.05) is 0 Å². The van der Waals surface area contributed by atoms with Crippen molar-refractivity contribution in [3.63, 3.8) is 0 Å². The second-order valence-electron chi connectivity index (χ2n) is 7.02. The highest BCUT2D eigenvalue weighted by Crippen LogP contribution is 2.31. The van der Waals surface area contributed by atoms with Crippen LogP contribution in [0.15, 0.2) is 18.5 Å². The number of rotatable bonds is 3. The minimum absolute atomic E-state index is 0.244. The number of anilines is 1. The Balaban J connectivity index is 1.60. The Kier molecular flexibility index (Phi) is 4.70. The summed E-state index contributed by atoms with van der Waals surface area (Å²) >= 11 is 0. The maximum Gasteiger partial charge on any atom is 0.167 e. The summed E-state index contributed by atoms with van der Waals surface area (Å²) < 4.78 is 19.1. The van der Waals surface area contributed by atoms with E-state index < -0.39 is 0 Å². The monoisotopic (exact) mass is 344 g/mol. The van der Waals surface area contributed by atoms with Gasteiger partial charge in [0, 0.05) is 30.6 Å². The number of hydrogen-bond donors (Lipinski definition) is 0. The Morgan fingerprint density at radius 2 is 1.88 bits per heavy atom. The Morgan fingerprint density at radius 1 is 1.04 bits per heavy atom. The van der Waals surface area contributed by atoms with Crippen LogP contribution in [0.2, 0.25) is 0 Å². The third-order valence-electron chi connectivity index (χ3n) is 5.54. The molecule has 2 aliphatic rings. The molecule has 0 bridgehead atoms. The van der Waals surface area contributed by atoms with Gasteiger partial charge in [-0.15, -0.1) is 0 Å². The molecule has 2 saturated heterocycles. The van der Waals surface area contributed by atoms with Crippen molar-refractivity contribution in [1.29, 1.82) is 0 Å². The van der Waals surface area contributed by atoms with Crippen LogP contribution in [-0.4, -0.2) is 54.2 Å². The maximum atomic E-state index is 14.0. The highest BCUT2D eigenvalue weighted by Gasteiger charge is 2.26. The number of benzene rings is 1. The second-order valence-corrected chi connectivity index (χ2v) is 7.02. The van der Waals surface area contributed by atoms with Gasteiger partial charge >= 0.3 is 0 Å². The summed E-state index contributed by atoms with van der Waals surface area (Å²) in [4.78, 5) is 13.7. The van der Waals surface area contributed by atoms with Gasteiger partial charge in [0.1, 0.15) is 12.1 Å². The third-order valence-corrected chi connectivity index (χ3v) is 5.54. The first-order valence-electron chi connectivity index (χ1n) is 9.23. The summed E-state index contributed by atoms with van der Waals surface area (Å²) in [5.74, 6) is 0.753. The first kappa shape index (κ1) is 16.5. The molecule has 6 heteroatoms. The van der Waals surface area contributed by atoms with Gasteiger partial charge in [0.05, 0.1) is 12.6 Å². The molecule has 1 aromatic carbocycles. The van der Waals surface area contributed by atoms with Crippen LogP contribution in [0, 0.1) is 5.82 Å². The van der Waals surface area contributed by atoms with E-state index in [0.717, 1.165) is 37.1 Å². The molecule has 2 aromatic rings. The van der Waals surface area contributed by atoms with Crippen molar-refractivity contribution in [2.45, 2.75) is 38.1 Å². The maximum absolute atomic E-state index is 14.0. The van der Waals surface area contributed by atoms with Gasteiger partial charge in [-0.05, 0) is 51.3 Å². The molecule has 5 nitrogen and oxygen atoms in total. The smallest absolute Gasteiger partial charge is 0.167 e. The van der Waals surface area contributed by atoms with Crippen LogP contribution in [0.25, 0.3) is 10.9 Å². The number of aromatic nitrogens is 2. The Morgan fingerprint density at radius 3 is 2.68 bits per heavy atom. The van der Waals surface area contributed by atoms with E-state index in [1.165, 1.54) is 51.9 Å². The van der Waals surface area contributed by atoms with E-state index in [4.69, 9.17) is 4.74 Å². The predicted octanol–water partition coefficient (Wildman–Crippen LogP) is 3.23. The Labute approximate surface area is 147 Å². The van der Waals surface area contributed by atoms with Gasteiger partial charge in [-0.3, -0.25) is 0 Å². The summed E-state index contributed by atoms with van der Waals surface area (Å²) in [5, 5.41) is 0.861. The minimum Gasteiger partial charge on any atom is -0.494 e. The van der Waals surface area contributed by atoms with Crippen molar-refractivity contribution in [2.75, 3.05) is 38.2 Å². The summed E-state index contributed by atoms with van der Waals surface area (Å²) in [6.45, 7) is 4.46. The molecule has 0 aliphatic carbocycles. The lowest BCUT2D eigenvalue weighted by atomic mass is 10.1. The molecule has 25 heavy (non-hydrogen) atoms. The molecule has 4 rings (SSSR count). The normalized spacial score (nSPS) is 22.3. The SMILES string of the molecule is COc1cc2c(N3CCCC(N4CCCC4)CC3)ncnc2cc1F. The standard InChI is InChI=1S/C19H25FN4O/c1-25-18-11-15-17(12-16(18)20)21-13-22-19(15)24-9-4-5-14(6-10-24)23-7-2-3-8-23/h11-14H,2-10H2,1H3. The van der Waals surface area contributed by atoms with E-state index in [0.29, 0.717) is 11.6 Å². The molecule has 3 heterocycles. The summed E-state index contributed by atoms with van der Waals surface area (Å²) in [6, 6.07) is 3.85. The number of nitrogens with zero attached hydrogens (tertiary/aromatic N) is 4. The Hall–Kier alpha value is -1.95. The highest BCUT2D eigenvalue weighted by molar-refractivity contribution is 5.90. The van der Waals surface area contributed by atoms with E-state index in [2.05, 4.69) is 19.8 Å². The van der Waals surface area contributed by atoms with Gasteiger partial charge in [0.2, 0.25) is 0 Å². The molecule has 1 aromatic heterocycles. The molecule has 0 spiro atoms. The number of likely N-dealkylation sites (tertiary alicyclic amines) is 1. The highest BCUT2D eigenvalue weighted by atomic mass is 19.1. The predicted molar refractivity (Wildman–Crippen MR) is 96.7 cm³/mol. The Bertz CT molecular complexity index is 748. The lowest BCUT2D eigenvalue weighted by molar-refractivity contribution is 0.225. The van der Waals surface area contributed by atoms with Gasteiger partial charge in [-0.2, -0.15) is 0 Å². The average molecular weight is 344 g/mol. The number of methoxy groups -OCH3 is 1. The number of fused-ring (bicyclic) bond motifs is 1. The van der Waals surface area contributed by atoms with Gasteiger partial charge < -0.3 is 14.5 Å². The third kappa shape index (κ3) is 3.27.